The van der Waals surface area contributed by atoms with E-state index in [-0.39, 0.29) is 17.4 Å². The van der Waals surface area contributed by atoms with Gasteiger partial charge < -0.3 is 10.6 Å². The van der Waals surface area contributed by atoms with Gasteiger partial charge in [-0.1, -0.05) is 17.7 Å². The van der Waals surface area contributed by atoms with E-state index in [2.05, 4.69) is 15.7 Å². The van der Waals surface area contributed by atoms with Gasteiger partial charge in [0.05, 0.1) is 23.1 Å². The van der Waals surface area contributed by atoms with Crippen molar-refractivity contribution in [3.05, 3.63) is 46.7 Å². The quantitative estimate of drug-likeness (QED) is 0.878. The molecule has 0 aliphatic heterocycles. The molecular formula is C18H23ClN4O2. The third-order valence-corrected chi connectivity index (χ3v) is 3.78. The number of nitrogens with one attached hydrogen (secondary N) is 2. The molecule has 0 fully saturated rings. The van der Waals surface area contributed by atoms with Crippen LogP contribution in [0.15, 0.2) is 30.5 Å². The van der Waals surface area contributed by atoms with E-state index >= 15 is 0 Å². The van der Waals surface area contributed by atoms with Gasteiger partial charge in [0.15, 0.2) is 0 Å². The first-order valence-electron chi connectivity index (χ1n) is 8.02. The molecule has 0 saturated heterocycles. The molecule has 0 aliphatic carbocycles. The van der Waals surface area contributed by atoms with Crippen molar-refractivity contribution in [2.24, 2.45) is 0 Å². The minimum Gasteiger partial charge on any atom is -0.350 e. The topological polar surface area (TPSA) is 76.0 Å². The number of halogens is 1. The van der Waals surface area contributed by atoms with Crippen molar-refractivity contribution in [2.45, 2.75) is 46.2 Å². The van der Waals surface area contributed by atoms with Crippen LogP contribution in [0.5, 0.6) is 0 Å². The highest BCUT2D eigenvalue weighted by atomic mass is 35.5. The molecule has 1 atom stereocenters. The van der Waals surface area contributed by atoms with Crippen molar-refractivity contribution in [2.75, 3.05) is 0 Å². The molecule has 0 radical (unpaired) electrons. The number of carbonyl (C=O) groups excluding carboxylic acids is 2. The van der Waals surface area contributed by atoms with Gasteiger partial charge in [-0.3, -0.25) is 9.59 Å². The minimum absolute atomic E-state index is 0.235. The third kappa shape index (κ3) is 4.82. The summed E-state index contributed by atoms with van der Waals surface area (Å²) in [6, 6.07) is 6.56. The van der Waals surface area contributed by atoms with Gasteiger partial charge >= 0.3 is 0 Å². The van der Waals surface area contributed by atoms with Crippen molar-refractivity contribution in [3.8, 4) is 5.69 Å². The minimum atomic E-state index is -0.652. The zero-order chi connectivity index (χ0) is 18.8. The third-order valence-electron chi connectivity index (χ3n) is 3.55. The van der Waals surface area contributed by atoms with Crippen molar-refractivity contribution in [1.29, 1.82) is 0 Å². The molecule has 2 rings (SSSR count). The van der Waals surface area contributed by atoms with E-state index in [1.165, 1.54) is 6.20 Å². The van der Waals surface area contributed by atoms with Gasteiger partial charge in [0.2, 0.25) is 5.91 Å². The molecule has 7 heteroatoms. The van der Waals surface area contributed by atoms with Gasteiger partial charge in [-0.25, -0.2) is 4.68 Å². The van der Waals surface area contributed by atoms with Crippen LogP contribution in [-0.4, -0.2) is 33.2 Å². The van der Waals surface area contributed by atoms with Crippen molar-refractivity contribution < 1.29 is 9.59 Å². The lowest BCUT2D eigenvalue weighted by Gasteiger charge is -2.23. The van der Waals surface area contributed by atoms with Crippen LogP contribution in [0.25, 0.3) is 5.69 Å². The molecule has 0 aliphatic rings. The van der Waals surface area contributed by atoms with Crippen molar-refractivity contribution >= 4 is 23.4 Å². The molecular weight excluding hydrogens is 340 g/mol. The highest BCUT2D eigenvalue weighted by Crippen LogP contribution is 2.18. The van der Waals surface area contributed by atoms with E-state index in [0.29, 0.717) is 16.3 Å². The first kappa shape index (κ1) is 19.0. The normalized spacial score (nSPS) is 12.6. The monoisotopic (exact) mass is 362 g/mol. The van der Waals surface area contributed by atoms with Crippen molar-refractivity contribution in [3.63, 3.8) is 0 Å². The lowest BCUT2D eigenvalue weighted by Crippen LogP contribution is -2.50. The summed E-state index contributed by atoms with van der Waals surface area (Å²) in [5.41, 5.74) is 1.49. The second-order valence-corrected chi connectivity index (χ2v) is 7.41. The number of aromatic nitrogens is 2. The van der Waals surface area contributed by atoms with Gasteiger partial charge in [0.1, 0.15) is 6.04 Å². The number of amides is 2. The zero-order valence-electron chi connectivity index (χ0n) is 15.1. The average molecular weight is 363 g/mol. The summed E-state index contributed by atoms with van der Waals surface area (Å²) in [5, 5.41) is 10.4. The number of rotatable bonds is 4. The second kappa shape index (κ2) is 7.27. The Bertz CT molecular complexity index is 793. The first-order chi connectivity index (χ1) is 11.6. The molecule has 1 aromatic carbocycles. The fourth-order valence-corrected chi connectivity index (χ4v) is 2.50. The molecule has 0 saturated carbocycles. The number of carbonyl (C=O) groups is 2. The Kier molecular flexibility index (Phi) is 5.52. The molecule has 1 heterocycles. The lowest BCUT2D eigenvalue weighted by molar-refractivity contribution is -0.124. The first-order valence-corrected chi connectivity index (χ1v) is 8.40. The summed E-state index contributed by atoms with van der Waals surface area (Å²) in [6.07, 6.45) is 1.49. The highest BCUT2D eigenvalue weighted by molar-refractivity contribution is 6.30. The lowest BCUT2D eigenvalue weighted by atomic mass is 10.1. The predicted octanol–water partition coefficient (Wildman–Crippen LogP) is 2.87. The Balaban J connectivity index is 2.14. The fraction of sp³-hybridized carbons (Fsp3) is 0.389. The van der Waals surface area contributed by atoms with E-state index in [0.717, 1.165) is 5.69 Å². The summed E-state index contributed by atoms with van der Waals surface area (Å²) < 4.78 is 1.64. The molecule has 6 nitrogen and oxygen atoms in total. The Morgan fingerprint density at radius 3 is 2.56 bits per heavy atom. The maximum Gasteiger partial charge on any atom is 0.255 e. The van der Waals surface area contributed by atoms with Gasteiger partial charge in [-0.2, -0.15) is 5.10 Å². The van der Waals surface area contributed by atoms with E-state index in [1.807, 2.05) is 32.9 Å². The number of benzene rings is 1. The van der Waals surface area contributed by atoms with Gasteiger partial charge in [-0.05, 0) is 52.8 Å². The fourth-order valence-electron chi connectivity index (χ4n) is 2.32. The number of hydrogen-bond donors (Lipinski definition) is 2. The summed E-state index contributed by atoms with van der Waals surface area (Å²) in [5.74, 6) is -0.580. The van der Waals surface area contributed by atoms with E-state index in [9.17, 15) is 9.59 Å². The van der Waals surface area contributed by atoms with Crippen LogP contribution in [0, 0.1) is 6.92 Å². The average Bonchev–Trinajstić information content (AvgIpc) is 2.87. The Hall–Kier alpha value is -2.34. The molecule has 2 amide bonds. The Morgan fingerprint density at radius 2 is 1.96 bits per heavy atom. The zero-order valence-corrected chi connectivity index (χ0v) is 15.8. The van der Waals surface area contributed by atoms with E-state index in [4.69, 9.17) is 11.6 Å². The smallest absolute Gasteiger partial charge is 0.255 e. The second-order valence-electron chi connectivity index (χ2n) is 6.97. The van der Waals surface area contributed by atoms with Gasteiger partial charge in [-0.15, -0.1) is 0 Å². The van der Waals surface area contributed by atoms with Crippen LogP contribution in [0.3, 0.4) is 0 Å². The highest BCUT2D eigenvalue weighted by Gasteiger charge is 2.23. The van der Waals surface area contributed by atoms with Crippen LogP contribution in [0.1, 0.15) is 43.7 Å². The van der Waals surface area contributed by atoms with Crippen LogP contribution < -0.4 is 10.6 Å². The molecule has 1 aromatic heterocycles. The summed E-state index contributed by atoms with van der Waals surface area (Å²) in [7, 11) is 0. The maximum atomic E-state index is 12.5. The largest absolute Gasteiger partial charge is 0.350 e. The van der Waals surface area contributed by atoms with Crippen LogP contribution >= 0.6 is 11.6 Å². The predicted molar refractivity (Wildman–Crippen MR) is 98.1 cm³/mol. The summed E-state index contributed by atoms with van der Waals surface area (Å²) in [4.78, 5) is 24.6. The molecule has 1 unspecified atom stereocenters. The van der Waals surface area contributed by atoms with Crippen molar-refractivity contribution in [1.82, 2.24) is 20.4 Å². The summed E-state index contributed by atoms with van der Waals surface area (Å²) >= 11 is 6.01. The molecule has 0 spiro atoms. The van der Waals surface area contributed by atoms with E-state index in [1.54, 1.807) is 30.7 Å². The number of hydrogen-bond acceptors (Lipinski definition) is 3. The molecule has 25 heavy (non-hydrogen) atoms. The molecule has 2 N–H and O–H groups in total. The Morgan fingerprint density at radius 1 is 1.28 bits per heavy atom. The van der Waals surface area contributed by atoms with Gasteiger partial charge in [0.25, 0.3) is 5.91 Å². The molecule has 2 aromatic rings. The Labute approximate surface area is 152 Å². The maximum absolute atomic E-state index is 12.5. The molecule has 0 bridgehead atoms. The van der Waals surface area contributed by atoms with E-state index < -0.39 is 6.04 Å². The molecule has 134 valence electrons. The van der Waals surface area contributed by atoms with Gasteiger partial charge in [0, 0.05) is 10.6 Å². The SMILES string of the molecule is Cc1c(C(=O)NC(C)C(=O)NC(C)(C)C)cnn1-c1cccc(Cl)c1. The standard InChI is InChI=1S/C18H23ClN4O2/c1-11(16(24)22-18(3,4)5)21-17(25)15-10-20-23(12(15)2)14-8-6-7-13(19)9-14/h6-11H,1-5H3,(H,21,25)(H,22,24). The number of nitrogens with zero attached hydrogens (tertiary/aromatic N) is 2. The van der Waals surface area contributed by atoms with Crippen LogP contribution in [-0.2, 0) is 4.79 Å². The van der Waals surface area contributed by atoms with Crippen LogP contribution in [0.4, 0.5) is 0 Å². The van der Waals surface area contributed by atoms with Crippen LogP contribution in [0.2, 0.25) is 5.02 Å². The summed E-state index contributed by atoms with van der Waals surface area (Å²) in [6.45, 7) is 9.11.